The van der Waals surface area contributed by atoms with Crippen molar-refractivity contribution in [2.45, 2.75) is 6.04 Å². The normalized spacial score (nSPS) is 12.2. The minimum Gasteiger partial charge on any atom is -0.320 e. The van der Waals surface area contributed by atoms with Gasteiger partial charge in [0.05, 0.1) is 0 Å². The Morgan fingerprint density at radius 3 is 2.38 bits per heavy atom. The smallest absolute Gasteiger partial charge is 0.246 e. The maximum Gasteiger partial charge on any atom is 0.246 e. The highest BCUT2D eigenvalue weighted by Gasteiger charge is 2.24. The van der Waals surface area contributed by atoms with Gasteiger partial charge in [0.1, 0.15) is 23.4 Å². The summed E-state index contributed by atoms with van der Waals surface area (Å²) in [5.74, 6) is -2.16. The standard InChI is InChI=1S/C15H15F2N3O/c1-20(2)14(10-5-4-8-18-9-10)15(21)19-13-11(16)6-3-7-12(13)17/h3-9,14H,1-2H3,(H,19,21). The number of rotatable bonds is 4. The van der Waals surface area contributed by atoms with Gasteiger partial charge < -0.3 is 5.32 Å². The van der Waals surface area contributed by atoms with Crippen LogP contribution in [0.25, 0.3) is 0 Å². The highest BCUT2D eigenvalue weighted by Crippen LogP contribution is 2.23. The largest absolute Gasteiger partial charge is 0.320 e. The second-order valence-electron chi connectivity index (χ2n) is 4.74. The lowest BCUT2D eigenvalue weighted by Crippen LogP contribution is -2.32. The molecule has 0 spiro atoms. The molecule has 1 amide bonds. The fraction of sp³-hybridized carbons (Fsp3) is 0.200. The summed E-state index contributed by atoms with van der Waals surface area (Å²) in [6.45, 7) is 0. The van der Waals surface area contributed by atoms with Gasteiger partial charge in [-0.2, -0.15) is 0 Å². The minimum absolute atomic E-state index is 0.446. The molecule has 2 aromatic rings. The molecule has 1 unspecified atom stereocenters. The lowest BCUT2D eigenvalue weighted by atomic mass is 10.1. The molecule has 1 N–H and O–H groups in total. The summed E-state index contributed by atoms with van der Waals surface area (Å²) in [4.78, 5) is 17.9. The Labute approximate surface area is 121 Å². The van der Waals surface area contributed by atoms with Crippen LogP contribution in [-0.4, -0.2) is 29.9 Å². The zero-order valence-electron chi connectivity index (χ0n) is 11.7. The molecule has 110 valence electrons. The van der Waals surface area contributed by atoms with Crippen LogP contribution >= 0.6 is 0 Å². The lowest BCUT2D eigenvalue weighted by Gasteiger charge is -2.23. The van der Waals surface area contributed by atoms with E-state index in [9.17, 15) is 13.6 Å². The summed E-state index contributed by atoms with van der Waals surface area (Å²) in [6.07, 6.45) is 3.13. The van der Waals surface area contributed by atoms with Gasteiger partial charge in [0.2, 0.25) is 5.91 Å². The van der Waals surface area contributed by atoms with Crippen LogP contribution in [0.4, 0.5) is 14.5 Å². The molecule has 0 bridgehead atoms. The average Bonchev–Trinajstić information content (AvgIpc) is 2.44. The molecule has 0 aliphatic rings. The minimum atomic E-state index is -0.813. The van der Waals surface area contributed by atoms with Crippen molar-refractivity contribution < 1.29 is 13.6 Å². The number of carbonyl (C=O) groups excluding carboxylic acids is 1. The van der Waals surface area contributed by atoms with Gasteiger partial charge in [-0.15, -0.1) is 0 Å². The van der Waals surface area contributed by atoms with E-state index in [2.05, 4.69) is 10.3 Å². The Balaban J connectivity index is 2.29. The summed E-state index contributed by atoms with van der Waals surface area (Å²) >= 11 is 0. The summed E-state index contributed by atoms with van der Waals surface area (Å²) in [5, 5.41) is 2.30. The molecule has 1 aromatic carbocycles. The van der Waals surface area contributed by atoms with Crippen molar-refractivity contribution in [3.63, 3.8) is 0 Å². The van der Waals surface area contributed by atoms with Crippen LogP contribution in [0, 0.1) is 11.6 Å². The van der Waals surface area contributed by atoms with Crippen LogP contribution in [0.3, 0.4) is 0 Å². The van der Waals surface area contributed by atoms with Crippen LogP contribution in [0.15, 0.2) is 42.7 Å². The molecule has 6 heteroatoms. The number of nitrogens with one attached hydrogen (secondary N) is 1. The third-order valence-electron chi connectivity index (χ3n) is 2.98. The Bertz CT molecular complexity index is 612. The monoisotopic (exact) mass is 291 g/mol. The van der Waals surface area contributed by atoms with E-state index < -0.39 is 29.3 Å². The van der Waals surface area contributed by atoms with Crippen molar-refractivity contribution in [3.8, 4) is 0 Å². The van der Waals surface area contributed by atoms with Crippen LogP contribution in [0.2, 0.25) is 0 Å². The molecule has 0 radical (unpaired) electrons. The molecule has 0 saturated carbocycles. The van der Waals surface area contributed by atoms with Gasteiger partial charge in [-0.25, -0.2) is 8.78 Å². The van der Waals surface area contributed by atoms with Crippen molar-refractivity contribution in [2.75, 3.05) is 19.4 Å². The van der Waals surface area contributed by atoms with Gasteiger partial charge >= 0.3 is 0 Å². The number of hydrogen-bond donors (Lipinski definition) is 1. The van der Waals surface area contributed by atoms with Gasteiger partial charge in [0.25, 0.3) is 0 Å². The van der Waals surface area contributed by atoms with E-state index >= 15 is 0 Å². The Hall–Kier alpha value is -2.34. The van der Waals surface area contributed by atoms with Crippen LogP contribution in [-0.2, 0) is 4.79 Å². The third-order valence-corrected chi connectivity index (χ3v) is 2.98. The number of halogens is 2. The zero-order valence-corrected chi connectivity index (χ0v) is 11.7. The van der Waals surface area contributed by atoms with Crippen molar-refractivity contribution in [1.29, 1.82) is 0 Å². The number of carbonyl (C=O) groups is 1. The Morgan fingerprint density at radius 1 is 1.19 bits per heavy atom. The van der Waals surface area contributed by atoms with E-state index in [1.165, 1.54) is 6.07 Å². The lowest BCUT2D eigenvalue weighted by molar-refractivity contribution is -0.120. The maximum atomic E-state index is 13.6. The van der Waals surface area contributed by atoms with E-state index in [-0.39, 0.29) is 0 Å². The predicted octanol–water partition coefficient (Wildman–Crippen LogP) is 2.60. The second-order valence-corrected chi connectivity index (χ2v) is 4.74. The second kappa shape index (κ2) is 6.41. The number of nitrogens with zero attached hydrogens (tertiary/aromatic N) is 2. The first-order valence-electron chi connectivity index (χ1n) is 6.32. The molecule has 21 heavy (non-hydrogen) atoms. The van der Waals surface area contributed by atoms with Crippen molar-refractivity contribution in [3.05, 3.63) is 59.9 Å². The van der Waals surface area contributed by atoms with E-state index in [0.717, 1.165) is 12.1 Å². The molecule has 0 aliphatic heterocycles. The van der Waals surface area contributed by atoms with Crippen molar-refractivity contribution in [1.82, 2.24) is 9.88 Å². The van der Waals surface area contributed by atoms with E-state index in [4.69, 9.17) is 0 Å². The zero-order chi connectivity index (χ0) is 15.4. The molecular formula is C15H15F2N3O. The Morgan fingerprint density at radius 2 is 1.86 bits per heavy atom. The quantitative estimate of drug-likeness (QED) is 0.941. The molecule has 4 nitrogen and oxygen atoms in total. The average molecular weight is 291 g/mol. The van der Waals surface area contributed by atoms with Gasteiger partial charge in [0, 0.05) is 12.4 Å². The highest BCUT2D eigenvalue weighted by atomic mass is 19.1. The molecular weight excluding hydrogens is 276 g/mol. The number of aromatic nitrogens is 1. The summed E-state index contributed by atoms with van der Waals surface area (Å²) in [7, 11) is 3.41. The van der Waals surface area contributed by atoms with Gasteiger partial charge in [-0.05, 0) is 37.9 Å². The topological polar surface area (TPSA) is 45.2 Å². The summed E-state index contributed by atoms with van der Waals surface area (Å²) in [6, 6.07) is 6.15. The third kappa shape index (κ3) is 3.41. The first kappa shape index (κ1) is 15.1. The number of amides is 1. The summed E-state index contributed by atoms with van der Waals surface area (Å²) < 4.78 is 27.2. The van der Waals surface area contributed by atoms with Crippen LogP contribution in [0.5, 0.6) is 0 Å². The fourth-order valence-corrected chi connectivity index (χ4v) is 2.03. The first-order valence-corrected chi connectivity index (χ1v) is 6.32. The number of hydrogen-bond acceptors (Lipinski definition) is 3. The predicted molar refractivity (Wildman–Crippen MR) is 75.7 cm³/mol. The molecule has 1 aromatic heterocycles. The molecule has 0 aliphatic carbocycles. The molecule has 0 saturated heterocycles. The maximum absolute atomic E-state index is 13.6. The van der Waals surface area contributed by atoms with E-state index in [1.807, 2.05) is 0 Å². The first-order chi connectivity index (χ1) is 10.0. The number of anilines is 1. The van der Waals surface area contributed by atoms with Gasteiger partial charge in [-0.3, -0.25) is 14.7 Å². The van der Waals surface area contributed by atoms with Crippen molar-refractivity contribution in [2.24, 2.45) is 0 Å². The van der Waals surface area contributed by atoms with Gasteiger partial charge in [-0.1, -0.05) is 12.1 Å². The number of pyridine rings is 1. The molecule has 2 rings (SSSR count). The van der Waals surface area contributed by atoms with E-state index in [0.29, 0.717) is 5.56 Å². The van der Waals surface area contributed by atoms with Crippen molar-refractivity contribution >= 4 is 11.6 Å². The molecule has 0 fully saturated rings. The highest BCUT2D eigenvalue weighted by molar-refractivity contribution is 5.95. The molecule has 1 heterocycles. The SMILES string of the molecule is CN(C)C(C(=O)Nc1c(F)cccc1F)c1cccnc1. The number of likely N-dealkylation sites (N-methyl/N-ethyl adjacent to an activating group) is 1. The Kier molecular flexibility index (Phi) is 4.59. The fourth-order valence-electron chi connectivity index (χ4n) is 2.03. The summed E-state index contributed by atoms with van der Waals surface area (Å²) in [5.41, 5.74) is 0.190. The number of para-hydroxylation sites is 1. The van der Waals surface area contributed by atoms with E-state index in [1.54, 1.807) is 43.5 Å². The molecule has 1 atom stereocenters. The van der Waals surface area contributed by atoms with Crippen LogP contribution in [0.1, 0.15) is 11.6 Å². The number of benzene rings is 1. The van der Waals surface area contributed by atoms with Crippen LogP contribution < -0.4 is 5.32 Å². The van der Waals surface area contributed by atoms with Gasteiger partial charge in [0.15, 0.2) is 0 Å².